The average molecular weight is 247 g/mol. The van der Waals surface area contributed by atoms with Crippen LogP contribution in [0.5, 0.6) is 0 Å². The van der Waals surface area contributed by atoms with Crippen LogP contribution in [-0.2, 0) is 20.1 Å². The van der Waals surface area contributed by atoms with E-state index in [0.717, 1.165) is 31.7 Å². The zero-order valence-electron chi connectivity index (χ0n) is 11.3. The highest BCUT2D eigenvalue weighted by molar-refractivity contribution is 5.17. The van der Waals surface area contributed by atoms with Crippen LogP contribution in [0.25, 0.3) is 0 Å². The summed E-state index contributed by atoms with van der Waals surface area (Å²) in [5.74, 6) is 0. The Morgan fingerprint density at radius 1 is 1.39 bits per heavy atom. The second-order valence-electron chi connectivity index (χ2n) is 4.60. The lowest BCUT2D eigenvalue weighted by Crippen LogP contribution is -2.17. The van der Waals surface area contributed by atoms with Gasteiger partial charge in [0.1, 0.15) is 0 Å². The van der Waals surface area contributed by atoms with Crippen molar-refractivity contribution >= 4 is 0 Å². The SMILES string of the molecule is CCCNCc1cncn1Cc1cn(C)nc1C. The molecule has 0 radical (unpaired) electrons. The van der Waals surface area contributed by atoms with Gasteiger partial charge >= 0.3 is 0 Å². The molecule has 0 spiro atoms. The van der Waals surface area contributed by atoms with Crippen molar-refractivity contribution < 1.29 is 0 Å². The largest absolute Gasteiger partial charge is 0.329 e. The molecule has 1 N–H and O–H groups in total. The van der Waals surface area contributed by atoms with Gasteiger partial charge in [0.25, 0.3) is 0 Å². The molecule has 0 aromatic carbocycles. The summed E-state index contributed by atoms with van der Waals surface area (Å²) in [6.07, 6.45) is 7.03. The molecule has 2 aromatic heterocycles. The normalized spacial score (nSPS) is 11.1. The second kappa shape index (κ2) is 5.82. The molecule has 0 aliphatic rings. The fourth-order valence-corrected chi connectivity index (χ4v) is 2.02. The molecule has 18 heavy (non-hydrogen) atoms. The maximum absolute atomic E-state index is 4.36. The smallest absolute Gasteiger partial charge is 0.0951 e. The van der Waals surface area contributed by atoms with Crippen LogP contribution in [0.1, 0.15) is 30.3 Å². The fourth-order valence-electron chi connectivity index (χ4n) is 2.02. The molecule has 2 rings (SSSR count). The summed E-state index contributed by atoms with van der Waals surface area (Å²) in [5.41, 5.74) is 3.54. The van der Waals surface area contributed by atoms with Crippen LogP contribution in [0.15, 0.2) is 18.7 Å². The van der Waals surface area contributed by atoms with Crippen LogP contribution in [0, 0.1) is 6.92 Å². The first-order chi connectivity index (χ1) is 8.70. The molecule has 0 atom stereocenters. The number of hydrogen-bond acceptors (Lipinski definition) is 3. The van der Waals surface area contributed by atoms with Gasteiger partial charge in [0.2, 0.25) is 0 Å². The lowest BCUT2D eigenvalue weighted by Gasteiger charge is -2.08. The molecule has 0 fully saturated rings. The molecule has 0 bridgehead atoms. The predicted molar refractivity (Wildman–Crippen MR) is 71.3 cm³/mol. The Kier molecular flexibility index (Phi) is 4.15. The third-order valence-corrected chi connectivity index (χ3v) is 2.99. The first kappa shape index (κ1) is 12.8. The van der Waals surface area contributed by atoms with Gasteiger partial charge in [0.15, 0.2) is 0 Å². The van der Waals surface area contributed by atoms with E-state index in [1.54, 1.807) is 0 Å². The van der Waals surface area contributed by atoms with Gasteiger partial charge in [0.05, 0.1) is 24.3 Å². The van der Waals surface area contributed by atoms with Crippen molar-refractivity contribution in [2.45, 2.75) is 33.4 Å². The fraction of sp³-hybridized carbons (Fsp3) is 0.538. The van der Waals surface area contributed by atoms with Gasteiger partial charge in [-0.25, -0.2) is 4.98 Å². The van der Waals surface area contributed by atoms with Crippen molar-refractivity contribution in [3.05, 3.63) is 35.7 Å². The van der Waals surface area contributed by atoms with Gasteiger partial charge in [0, 0.05) is 31.5 Å². The van der Waals surface area contributed by atoms with Crippen LogP contribution in [-0.4, -0.2) is 25.9 Å². The minimum absolute atomic E-state index is 0.836. The van der Waals surface area contributed by atoms with E-state index < -0.39 is 0 Å². The number of nitrogens with zero attached hydrogens (tertiary/aromatic N) is 4. The molecule has 0 saturated heterocycles. The number of aromatic nitrogens is 4. The van der Waals surface area contributed by atoms with E-state index in [4.69, 9.17) is 0 Å². The highest BCUT2D eigenvalue weighted by Gasteiger charge is 2.07. The van der Waals surface area contributed by atoms with Gasteiger partial charge in [-0.3, -0.25) is 4.68 Å². The molecule has 5 heteroatoms. The molecular formula is C13H21N5. The van der Waals surface area contributed by atoms with E-state index in [1.165, 1.54) is 11.3 Å². The van der Waals surface area contributed by atoms with Gasteiger partial charge < -0.3 is 9.88 Å². The van der Waals surface area contributed by atoms with Crippen molar-refractivity contribution in [3.8, 4) is 0 Å². The van der Waals surface area contributed by atoms with E-state index >= 15 is 0 Å². The number of imidazole rings is 1. The zero-order valence-corrected chi connectivity index (χ0v) is 11.3. The van der Waals surface area contributed by atoms with Gasteiger partial charge in [-0.1, -0.05) is 6.92 Å². The van der Waals surface area contributed by atoms with E-state index in [0.29, 0.717) is 0 Å². The van der Waals surface area contributed by atoms with Crippen molar-refractivity contribution in [1.82, 2.24) is 24.6 Å². The lowest BCUT2D eigenvalue weighted by molar-refractivity contribution is 0.629. The average Bonchev–Trinajstić information content (AvgIpc) is 2.88. The maximum atomic E-state index is 4.36. The second-order valence-corrected chi connectivity index (χ2v) is 4.60. The summed E-state index contributed by atoms with van der Waals surface area (Å²) < 4.78 is 4.03. The third-order valence-electron chi connectivity index (χ3n) is 2.99. The molecule has 2 heterocycles. The summed E-state index contributed by atoms with van der Waals surface area (Å²) in [7, 11) is 1.95. The van der Waals surface area contributed by atoms with Crippen LogP contribution >= 0.6 is 0 Å². The highest BCUT2D eigenvalue weighted by atomic mass is 15.3. The summed E-state index contributed by atoms with van der Waals surface area (Å²) in [5, 5.41) is 7.77. The third kappa shape index (κ3) is 2.98. The van der Waals surface area contributed by atoms with E-state index in [1.807, 2.05) is 31.2 Å². The van der Waals surface area contributed by atoms with Gasteiger partial charge in [-0.05, 0) is 19.9 Å². The van der Waals surface area contributed by atoms with Gasteiger partial charge in [-0.2, -0.15) is 5.10 Å². The molecule has 0 aliphatic heterocycles. The molecule has 2 aromatic rings. The first-order valence-electron chi connectivity index (χ1n) is 6.39. The number of hydrogen-bond donors (Lipinski definition) is 1. The van der Waals surface area contributed by atoms with Crippen molar-refractivity contribution in [2.75, 3.05) is 6.54 Å². The predicted octanol–water partition coefficient (Wildman–Crippen LogP) is 1.47. The molecule has 5 nitrogen and oxygen atoms in total. The van der Waals surface area contributed by atoms with E-state index in [9.17, 15) is 0 Å². The van der Waals surface area contributed by atoms with E-state index in [2.05, 4.69) is 33.1 Å². The molecular weight excluding hydrogens is 226 g/mol. The number of nitrogens with one attached hydrogen (secondary N) is 1. The monoisotopic (exact) mass is 247 g/mol. The standard InChI is InChI=1S/C13H21N5/c1-4-5-14-6-13-7-15-10-18(13)9-12-8-17(3)16-11(12)2/h7-8,10,14H,4-6,9H2,1-3H3. The van der Waals surface area contributed by atoms with Crippen LogP contribution < -0.4 is 5.32 Å². The summed E-state index contributed by atoms with van der Waals surface area (Å²) in [6, 6.07) is 0. The Bertz CT molecular complexity index is 497. The summed E-state index contributed by atoms with van der Waals surface area (Å²) >= 11 is 0. The Labute approximate surface area is 108 Å². The number of aryl methyl sites for hydroxylation is 2. The molecule has 0 amide bonds. The maximum Gasteiger partial charge on any atom is 0.0951 e. The zero-order chi connectivity index (χ0) is 13.0. The molecule has 98 valence electrons. The topological polar surface area (TPSA) is 47.7 Å². The quantitative estimate of drug-likeness (QED) is 0.786. The van der Waals surface area contributed by atoms with E-state index in [-0.39, 0.29) is 0 Å². The van der Waals surface area contributed by atoms with Crippen molar-refractivity contribution in [1.29, 1.82) is 0 Å². The van der Waals surface area contributed by atoms with Crippen molar-refractivity contribution in [2.24, 2.45) is 7.05 Å². The summed E-state index contributed by atoms with van der Waals surface area (Å²) in [4.78, 5) is 4.23. The molecule has 0 aliphatic carbocycles. The molecule has 0 saturated carbocycles. The Hall–Kier alpha value is -1.62. The Balaban J connectivity index is 2.05. The number of rotatable bonds is 6. The van der Waals surface area contributed by atoms with Crippen molar-refractivity contribution in [3.63, 3.8) is 0 Å². The summed E-state index contributed by atoms with van der Waals surface area (Å²) in [6.45, 7) is 6.96. The van der Waals surface area contributed by atoms with Gasteiger partial charge in [-0.15, -0.1) is 0 Å². The lowest BCUT2D eigenvalue weighted by atomic mass is 10.2. The first-order valence-corrected chi connectivity index (χ1v) is 6.39. The van der Waals surface area contributed by atoms with Crippen LogP contribution in [0.3, 0.4) is 0 Å². The minimum Gasteiger partial charge on any atom is -0.329 e. The minimum atomic E-state index is 0.836. The highest BCUT2D eigenvalue weighted by Crippen LogP contribution is 2.09. The Morgan fingerprint density at radius 2 is 2.22 bits per heavy atom. The van der Waals surface area contributed by atoms with Crippen LogP contribution in [0.4, 0.5) is 0 Å². The van der Waals surface area contributed by atoms with Crippen LogP contribution in [0.2, 0.25) is 0 Å². The molecule has 0 unspecified atom stereocenters. The Morgan fingerprint density at radius 3 is 2.89 bits per heavy atom.